The monoisotopic (exact) mass is 327 g/mol. The van der Waals surface area contributed by atoms with Crippen molar-refractivity contribution in [1.29, 1.82) is 0 Å². The summed E-state index contributed by atoms with van der Waals surface area (Å²) in [6, 6.07) is 11.2. The van der Waals surface area contributed by atoms with E-state index >= 15 is 0 Å². The molecule has 124 valence electrons. The Balaban J connectivity index is 2.05. The van der Waals surface area contributed by atoms with Crippen LogP contribution in [-0.4, -0.2) is 33.9 Å². The molecular weight excluding hydrogens is 310 g/mol. The zero-order valence-corrected chi connectivity index (χ0v) is 12.9. The quantitative estimate of drug-likeness (QED) is 0.218. The van der Waals surface area contributed by atoms with Crippen molar-refractivity contribution in [3.05, 3.63) is 65.2 Å². The second-order valence-corrected chi connectivity index (χ2v) is 5.17. The molecule has 1 atom stereocenters. The van der Waals surface area contributed by atoms with E-state index in [9.17, 15) is 14.7 Å². The molecule has 2 aromatic rings. The molecule has 24 heavy (non-hydrogen) atoms. The molecule has 0 heterocycles. The molecule has 1 unspecified atom stereocenters. The number of ketones is 1. The fourth-order valence-electron chi connectivity index (χ4n) is 2.07. The van der Waals surface area contributed by atoms with Crippen LogP contribution < -0.4 is 11.1 Å². The minimum absolute atomic E-state index is 0.0576. The van der Waals surface area contributed by atoms with Gasteiger partial charge in [0.25, 0.3) is 5.91 Å². The maximum atomic E-state index is 12.2. The number of nitrogens with one attached hydrogen (secondary N) is 1. The number of carbonyl (C=O) groups is 2. The highest BCUT2D eigenvalue weighted by atomic mass is 16.4. The first-order valence-electron chi connectivity index (χ1n) is 7.14. The van der Waals surface area contributed by atoms with E-state index < -0.39 is 11.9 Å². The number of phenolic OH excluding ortho intramolecular Hbond substituents is 1. The molecule has 2 aromatic carbocycles. The van der Waals surface area contributed by atoms with Crippen LogP contribution in [0.5, 0.6) is 5.75 Å². The molecular formula is C17H17N3O4. The third-order valence-electron chi connectivity index (χ3n) is 3.44. The Labute approximate surface area is 138 Å². The molecule has 0 fully saturated rings. The number of hydrogen-bond acceptors (Lipinski definition) is 5. The van der Waals surface area contributed by atoms with Gasteiger partial charge in [0.15, 0.2) is 11.6 Å². The molecule has 1 amide bonds. The maximum Gasteiger partial charge on any atom is 0.251 e. The first kappa shape index (κ1) is 17.0. The standard InChI is InChI=1S/C17H17N3O4/c1-10(15(22)11-6-8-14(21)9-7-11)19-17(23)13-4-2-12(3-5-13)16(18)20-24/h2-10,21,24H,1H3,(H2,18,20)(H,19,23). The molecule has 0 aromatic heterocycles. The average molecular weight is 327 g/mol. The number of Topliss-reactive ketones (excluding diaryl/α,β-unsaturated/α-hetero) is 1. The van der Waals surface area contributed by atoms with Crippen LogP contribution in [0.3, 0.4) is 0 Å². The first-order chi connectivity index (χ1) is 11.4. The van der Waals surface area contributed by atoms with Crippen molar-refractivity contribution in [3.63, 3.8) is 0 Å². The SMILES string of the molecule is CC(NC(=O)c1ccc(C(N)=NO)cc1)C(=O)c1ccc(O)cc1. The molecule has 0 aliphatic heterocycles. The molecule has 7 heteroatoms. The number of benzene rings is 2. The van der Waals surface area contributed by atoms with Gasteiger partial charge in [0.1, 0.15) is 5.75 Å². The van der Waals surface area contributed by atoms with Crippen LogP contribution in [0.1, 0.15) is 33.2 Å². The predicted molar refractivity (Wildman–Crippen MR) is 88.3 cm³/mol. The van der Waals surface area contributed by atoms with Gasteiger partial charge in [-0.1, -0.05) is 17.3 Å². The van der Waals surface area contributed by atoms with Gasteiger partial charge in [-0.05, 0) is 43.3 Å². The Hall–Kier alpha value is -3.35. The summed E-state index contributed by atoms with van der Waals surface area (Å²) in [6.07, 6.45) is 0. The van der Waals surface area contributed by atoms with Crippen molar-refractivity contribution in [2.45, 2.75) is 13.0 Å². The van der Waals surface area contributed by atoms with Gasteiger partial charge >= 0.3 is 0 Å². The number of nitrogens with zero attached hydrogens (tertiary/aromatic N) is 1. The number of phenols is 1. The van der Waals surface area contributed by atoms with E-state index in [0.717, 1.165) is 0 Å². The summed E-state index contributed by atoms with van der Waals surface area (Å²) in [5.74, 6) is -0.677. The lowest BCUT2D eigenvalue weighted by Gasteiger charge is -2.13. The molecule has 0 aliphatic rings. The summed E-state index contributed by atoms with van der Waals surface area (Å²) in [7, 11) is 0. The normalized spacial score (nSPS) is 12.5. The summed E-state index contributed by atoms with van der Waals surface area (Å²) in [6.45, 7) is 1.58. The van der Waals surface area contributed by atoms with Crippen molar-refractivity contribution in [3.8, 4) is 5.75 Å². The lowest BCUT2D eigenvalue weighted by molar-refractivity contribution is 0.0865. The van der Waals surface area contributed by atoms with Crippen molar-refractivity contribution >= 4 is 17.5 Å². The molecule has 0 saturated heterocycles. The van der Waals surface area contributed by atoms with Crippen LogP contribution in [0, 0.1) is 0 Å². The molecule has 7 nitrogen and oxygen atoms in total. The van der Waals surface area contributed by atoms with E-state index in [2.05, 4.69) is 10.5 Å². The van der Waals surface area contributed by atoms with Gasteiger partial charge in [0.2, 0.25) is 0 Å². The Morgan fingerprint density at radius 3 is 2.04 bits per heavy atom. The number of amides is 1. The molecule has 5 N–H and O–H groups in total. The lowest BCUT2D eigenvalue weighted by atomic mass is 10.0. The minimum Gasteiger partial charge on any atom is -0.508 e. The van der Waals surface area contributed by atoms with Crippen molar-refractivity contribution in [2.24, 2.45) is 10.9 Å². The highest BCUT2D eigenvalue weighted by Crippen LogP contribution is 2.12. The summed E-state index contributed by atoms with van der Waals surface area (Å²) >= 11 is 0. The summed E-state index contributed by atoms with van der Waals surface area (Å²) in [4.78, 5) is 24.4. The molecule has 0 radical (unpaired) electrons. The predicted octanol–water partition coefficient (Wildman–Crippen LogP) is 1.49. The van der Waals surface area contributed by atoms with Gasteiger partial charge in [-0.2, -0.15) is 0 Å². The second kappa shape index (κ2) is 7.28. The zero-order chi connectivity index (χ0) is 17.7. The van der Waals surface area contributed by atoms with Crippen LogP contribution in [0.25, 0.3) is 0 Å². The van der Waals surface area contributed by atoms with Crippen LogP contribution in [0.4, 0.5) is 0 Å². The second-order valence-electron chi connectivity index (χ2n) is 5.17. The maximum absolute atomic E-state index is 12.2. The first-order valence-corrected chi connectivity index (χ1v) is 7.14. The molecule has 2 rings (SSSR count). The topological polar surface area (TPSA) is 125 Å². The number of nitrogens with two attached hydrogens (primary N) is 1. The number of hydrogen-bond donors (Lipinski definition) is 4. The average Bonchev–Trinajstić information content (AvgIpc) is 2.61. The van der Waals surface area contributed by atoms with E-state index in [0.29, 0.717) is 16.7 Å². The summed E-state index contributed by atoms with van der Waals surface area (Å²) in [5.41, 5.74) is 6.66. The van der Waals surface area contributed by atoms with Crippen LogP contribution in [0.2, 0.25) is 0 Å². The van der Waals surface area contributed by atoms with Crippen LogP contribution >= 0.6 is 0 Å². The number of aromatic hydroxyl groups is 1. The van der Waals surface area contributed by atoms with E-state index in [4.69, 9.17) is 10.9 Å². The van der Waals surface area contributed by atoms with Crippen LogP contribution in [0.15, 0.2) is 53.7 Å². The Kier molecular flexibility index (Phi) is 5.16. The molecule has 0 aliphatic carbocycles. The van der Waals surface area contributed by atoms with Gasteiger partial charge in [-0.3, -0.25) is 9.59 Å². The lowest BCUT2D eigenvalue weighted by Crippen LogP contribution is -2.38. The van der Waals surface area contributed by atoms with Gasteiger partial charge in [-0.25, -0.2) is 0 Å². The van der Waals surface area contributed by atoms with Gasteiger partial charge in [-0.15, -0.1) is 0 Å². The number of oxime groups is 1. The van der Waals surface area contributed by atoms with Gasteiger partial charge in [0, 0.05) is 16.7 Å². The number of carbonyl (C=O) groups excluding carboxylic acids is 2. The van der Waals surface area contributed by atoms with Gasteiger partial charge in [0.05, 0.1) is 6.04 Å². The Morgan fingerprint density at radius 2 is 1.50 bits per heavy atom. The number of rotatable bonds is 5. The van der Waals surface area contributed by atoms with Crippen LogP contribution in [-0.2, 0) is 0 Å². The fraction of sp³-hybridized carbons (Fsp3) is 0.118. The Morgan fingerprint density at radius 1 is 1.00 bits per heavy atom. The molecule has 0 bridgehead atoms. The highest BCUT2D eigenvalue weighted by molar-refractivity contribution is 6.04. The van der Waals surface area contributed by atoms with Crippen molar-refractivity contribution < 1.29 is 19.9 Å². The van der Waals surface area contributed by atoms with Crippen molar-refractivity contribution in [2.75, 3.05) is 0 Å². The molecule has 0 spiro atoms. The van der Waals surface area contributed by atoms with Gasteiger partial charge < -0.3 is 21.4 Å². The molecule has 0 saturated carbocycles. The van der Waals surface area contributed by atoms with E-state index in [1.807, 2.05) is 0 Å². The smallest absolute Gasteiger partial charge is 0.251 e. The fourth-order valence-corrected chi connectivity index (χ4v) is 2.07. The zero-order valence-electron chi connectivity index (χ0n) is 12.9. The van der Waals surface area contributed by atoms with E-state index in [1.54, 1.807) is 6.92 Å². The largest absolute Gasteiger partial charge is 0.508 e. The van der Waals surface area contributed by atoms with E-state index in [1.165, 1.54) is 48.5 Å². The number of amidine groups is 1. The minimum atomic E-state index is -0.731. The third kappa shape index (κ3) is 3.89. The summed E-state index contributed by atoms with van der Waals surface area (Å²) < 4.78 is 0. The highest BCUT2D eigenvalue weighted by Gasteiger charge is 2.18. The Bertz CT molecular complexity index is 767. The van der Waals surface area contributed by atoms with E-state index in [-0.39, 0.29) is 17.4 Å². The van der Waals surface area contributed by atoms with Crippen molar-refractivity contribution in [1.82, 2.24) is 5.32 Å². The summed E-state index contributed by atoms with van der Waals surface area (Å²) in [5, 5.41) is 23.3. The third-order valence-corrected chi connectivity index (χ3v) is 3.44.